The molecule has 2 aliphatic heterocycles. The molecule has 8 nitrogen and oxygen atoms in total. The molecule has 20 heavy (non-hydrogen) atoms. The highest BCUT2D eigenvalue weighted by atomic mass is 16.4. The first kappa shape index (κ1) is 14.3. The predicted molar refractivity (Wildman–Crippen MR) is 66.7 cm³/mol. The second-order valence-corrected chi connectivity index (χ2v) is 5.29. The number of rotatable bonds is 2. The molecule has 0 saturated carbocycles. The number of imide groups is 1. The molecule has 2 fully saturated rings. The Balaban J connectivity index is 2.03. The number of carboxylic acids is 1. The molecule has 3 N–H and O–H groups in total. The lowest BCUT2D eigenvalue weighted by atomic mass is 9.99. The van der Waals surface area contributed by atoms with Gasteiger partial charge in [-0.1, -0.05) is 0 Å². The van der Waals surface area contributed by atoms with Gasteiger partial charge >= 0.3 is 12.0 Å². The molecule has 2 saturated heterocycles. The van der Waals surface area contributed by atoms with Gasteiger partial charge in [-0.05, 0) is 26.2 Å². The summed E-state index contributed by atoms with van der Waals surface area (Å²) in [5.74, 6) is -1.98. The lowest BCUT2D eigenvalue weighted by Gasteiger charge is -2.33. The Labute approximate surface area is 115 Å². The molecule has 0 bridgehead atoms. The number of likely N-dealkylation sites (tertiary alicyclic amines) is 1. The third kappa shape index (κ3) is 2.45. The Morgan fingerprint density at radius 3 is 2.75 bits per heavy atom. The number of carbonyl (C=O) groups excluding carboxylic acids is 3. The van der Waals surface area contributed by atoms with Gasteiger partial charge < -0.3 is 15.3 Å². The Morgan fingerprint density at radius 2 is 2.15 bits per heavy atom. The summed E-state index contributed by atoms with van der Waals surface area (Å²) in [6.07, 6.45) is 1.37. The average molecular weight is 283 g/mol. The second kappa shape index (κ2) is 5.10. The zero-order chi connectivity index (χ0) is 14.9. The van der Waals surface area contributed by atoms with E-state index >= 15 is 0 Å². The van der Waals surface area contributed by atoms with Crippen LogP contribution in [0.25, 0.3) is 0 Å². The summed E-state index contributed by atoms with van der Waals surface area (Å²) >= 11 is 0. The Kier molecular flexibility index (Phi) is 3.65. The summed E-state index contributed by atoms with van der Waals surface area (Å²) in [5.41, 5.74) is -1.24. The zero-order valence-corrected chi connectivity index (χ0v) is 11.1. The maximum Gasteiger partial charge on any atom is 0.329 e. The summed E-state index contributed by atoms with van der Waals surface area (Å²) in [4.78, 5) is 47.3. The molecule has 2 atom stereocenters. The van der Waals surface area contributed by atoms with Crippen LogP contribution in [-0.2, 0) is 14.4 Å². The Hall–Kier alpha value is -2.12. The van der Waals surface area contributed by atoms with Crippen molar-refractivity contribution < 1.29 is 24.3 Å². The fourth-order valence-electron chi connectivity index (χ4n) is 2.57. The van der Waals surface area contributed by atoms with Gasteiger partial charge in [-0.2, -0.15) is 0 Å². The monoisotopic (exact) mass is 283 g/mol. The number of nitrogens with zero attached hydrogens (tertiary/aromatic N) is 1. The van der Waals surface area contributed by atoms with E-state index in [1.165, 1.54) is 11.8 Å². The van der Waals surface area contributed by atoms with Gasteiger partial charge in [0.1, 0.15) is 11.6 Å². The van der Waals surface area contributed by atoms with Crippen LogP contribution in [0.3, 0.4) is 0 Å². The maximum atomic E-state index is 12.1. The highest BCUT2D eigenvalue weighted by Crippen LogP contribution is 2.29. The molecule has 4 amide bonds. The minimum Gasteiger partial charge on any atom is -0.480 e. The molecule has 0 aromatic rings. The van der Waals surface area contributed by atoms with E-state index in [-0.39, 0.29) is 18.7 Å². The molecule has 2 heterocycles. The van der Waals surface area contributed by atoms with Crippen LogP contribution in [-0.4, -0.2) is 51.9 Å². The van der Waals surface area contributed by atoms with Crippen LogP contribution in [0.5, 0.6) is 0 Å². The average Bonchev–Trinajstić information content (AvgIpc) is 2.76. The van der Waals surface area contributed by atoms with E-state index < -0.39 is 29.5 Å². The summed E-state index contributed by atoms with van der Waals surface area (Å²) < 4.78 is 0. The number of carboxylic acid groups (broad SMARTS) is 1. The van der Waals surface area contributed by atoms with Crippen LogP contribution < -0.4 is 10.6 Å². The molecule has 0 spiro atoms. The number of urea groups is 1. The molecule has 2 unspecified atom stereocenters. The minimum atomic E-state index is -1.24. The third-order valence-electron chi connectivity index (χ3n) is 3.88. The van der Waals surface area contributed by atoms with Crippen molar-refractivity contribution in [3.63, 3.8) is 0 Å². The number of carbonyl (C=O) groups is 4. The van der Waals surface area contributed by atoms with E-state index in [1.807, 2.05) is 0 Å². The highest BCUT2D eigenvalue weighted by Gasteiger charge is 2.46. The van der Waals surface area contributed by atoms with Crippen molar-refractivity contribution >= 4 is 23.8 Å². The van der Waals surface area contributed by atoms with Gasteiger partial charge in [-0.3, -0.25) is 14.9 Å². The quantitative estimate of drug-likeness (QED) is 0.587. The van der Waals surface area contributed by atoms with Crippen molar-refractivity contribution in [3.8, 4) is 0 Å². The van der Waals surface area contributed by atoms with Crippen molar-refractivity contribution in [2.45, 2.75) is 44.2 Å². The minimum absolute atomic E-state index is 0.160. The predicted octanol–water partition coefficient (Wildman–Crippen LogP) is -0.560. The van der Waals surface area contributed by atoms with Gasteiger partial charge in [-0.25, -0.2) is 9.59 Å². The van der Waals surface area contributed by atoms with Crippen LogP contribution in [0.4, 0.5) is 4.79 Å². The van der Waals surface area contributed by atoms with Gasteiger partial charge in [0, 0.05) is 13.0 Å². The molecular weight excluding hydrogens is 266 g/mol. The van der Waals surface area contributed by atoms with Crippen LogP contribution >= 0.6 is 0 Å². The first-order chi connectivity index (χ1) is 9.34. The zero-order valence-electron chi connectivity index (χ0n) is 11.1. The summed E-state index contributed by atoms with van der Waals surface area (Å²) in [6.45, 7) is 1.83. The van der Waals surface area contributed by atoms with Crippen molar-refractivity contribution in [2.24, 2.45) is 0 Å². The van der Waals surface area contributed by atoms with E-state index in [4.69, 9.17) is 0 Å². The third-order valence-corrected chi connectivity index (χ3v) is 3.88. The SMILES string of the molecule is CC1(C(=O)O)CCCN1C(=O)NC1CCC(=O)NC1=O. The molecule has 110 valence electrons. The smallest absolute Gasteiger partial charge is 0.329 e. The van der Waals surface area contributed by atoms with Crippen LogP contribution in [0, 0.1) is 0 Å². The number of piperidine rings is 1. The summed E-state index contributed by atoms with van der Waals surface area (Å²) in [7, 11) is 0. The van der Waals surface area contributed by atoms with Gasteiger partial charge in [0.2, 0.25) is 11.8 Å². The Bertz CT molecular complexity index is 478. The lowest BCUT2D eigenvalue weighted by Crippen LogP contribution is -2.59. The lowest BCUT2D eigenvalue weighted by molar-refractivity contribution is -0.147. The van der Waals surface area contributed by atoms with E-state index in [0.717, 1.165) is 0 Å². The molecule has 2 rings (SSSR count). The first-order valence-electron chi connectivity index (χ1n) is 6.50. The van der Waals surface area contributed by atoms with E-state index in [1.54, 1.807) is 0 Å². The molecule has 0 aromatic heterocycles. The normalized spacial score (nSPS) is 30.1. The highest BCUT2D eigenvalue weighted by molar-refractivity contribution is 6.01. The molecule has 8 heteroatoms. The molecular formula is C12H17N3O5. The molecule has 0 aromatic carbocycles. The van der Waals surface area contributed by atoms with E-state index in [2.05, 4.69) is 10.6 Å². The second-order valence-electron chi connectivity index (χ2n) is 5.29. The fourth-order valence-corrected chi connectivity index (χ4v) is 2.57. The van der Waals surface area contributed by atoms with E-state index in [9.17, 15) is 24.3 Å². The van der Waals surface area contributed by atoms with E-state index in [0.29, 0.717) is 19.4 Å². The fraction of sp³-hybridized carbons (Fsp3) is 0.667. The molecule has 2 aliphatic rings. The van der Waals surface area contributed by atoms with Crippen LogP contribution in [0.2, 0.25) is 0 Å². The van der Waals surface area contributed by atoms with Crippen molar-refractivity contribution in [1.29, 1.82) is 0 Å². The standard InChI is InChI=1S/C12H17N3O5/c1-12(10(18)19)5-2-6-15(12)11(20)13-7-3-4-8(16)14-9(7)17/h7H,2-6H2,1H3,(H,13,20)(H,18,19)(H,14,16,17). The van der Waals surface area contributed by atoms with Crippen LogP contribution in [0.15, 0.2) is 0 Å². The molecule has 0 aliphatic carbocycles. The maximum absolute atomic E-state index is 12.1. The summed E-state index contributed by atoms with van der Waals surface area (Å²) in [6, 6.07) is -1.37. The number of aliphatic carboxylic acids is 1. The number of nitrogens with one attached hydrogen (secondary N) is 2. The largest absolute Gasteiger partial charge is 0.480 e. The first-order valence-corrected chi connectivity index (χ1v) is 6.50. The van der Waals surface area contributed by atoms with Crippen molar-refractivity contribution in [2.75, 3.05) is 6.54 Å². The van der Waals surface area contributed by atoms with Crippen molar-refractivity contribution in [3.05, 3.63) is 0 Å². The number of hydrogen-bond acceptors (Lipinski definition) is 4. The van der Waals surface area contributed by atoms with Crippen molar-refractivity contribution in [1.82, 2.24) is 15.5 Å². The Morgan fingerprint density at radius 1 is 1.45 bits per heavy atom. The van der Waals surface area contributed by atoms with Gasteiger partial charge in [0.15, 0.2) is 0 Å². The number of amides is 4. The van der Waals surface area contributed by atoms with Gasteiger partial charge in [0.25, 0.3) is 0 Å². The topological polar surface area (TPSA) is 116 Å². The van der Waals surface area contributed by atoms with Gasteiger partial charge in [-0.15, -0.1) is 0 Å². The summed E-state index contributed by atoms with van der Waals surface area (Å²) in [5, 5.41) is 13.9. The number of hydrogen-bond donors (Lipinski definition) is 3. The molecule has 0 radical (unpaired) electrons. The van der Waals surface area contributed by atoms with Crippen LogP contribution in [0.1, 0.15) is 32.6 Å². The van der Waals surface area contributed by atoms with Gasteiger partial charge in [0.05, 0.1) is 0 Å².